The SMILES string of the molecule is COCOc1ccc(S(=O)(=O)c2ccc(COc3cc(-c4ccc(C(=O)N5CCC(N6CCCC6)CC5)cc4)cnc3N)cc2)cc1. The molecule has 6 rings (SSSR count). The van der Waals surface area contributed by atoms with Gasteiger partial charge in [-0.1, -0.05) is 24.3 Å². The second kappa shape index (κ2) is 14.5. The van der Waals surface area contributed by atoms with E-state index in [1.165, 1.54) is 45.2 Å². The zero-order chi connectivity index (χ0) is 32.8. The number of carbonyl (C=O) groups excluding carboxylic acids is 1. The highest BCUT2D eigenvalue weighted by atomic mass is 32.2. The molecule has 246 valence electrons. The van der Waals surface area contributed by atoms with E-state index in [0.717, 1.165) is 42.6 Å². The van der Waals surface area contributed by atoms with Crippen molar-refractivity contribution in [1.82, 2.24) is 14.8 Å². The van der Waals surface area contributed by atoms with Gasteiger partial charge < -0.3 is 29.7 Å². The van der Waals surface area contributed by atoms with Gasteiger partial charge in [0, 0.05) is 43.6 Å². The molecule has 2 aliphatic rings. The smallest absolute Gasteiger partial charge is 0.253 e. The van der Waals surface area contributed by atoms with Crippen LogP contribution in [0.25, 0.3) is 11.1 Å². The highest BCUT2D eigenvalue weighted by Crippen LogP contribution is 2.29. The zero-order valence-electron chi connectivity index (χ0n) is 26.5. The number of nitrogens with two attached hydrogens (primary N) is 1. The molecule has 3 heterocycles. The van der Waals surface area contributed by atoms with Crippen LogP contribution in [0.5, 0.6) is 11.5 Å². The number of likely N-dealkylation sites (tertiary alicyclic amines) is 2. The molecule has 4 aromatic rings. The molecule has 10 nitrogen and oxygen atoms in total. The number of pyridine rings is 1. The van der Waals surface area contributed by atoms with Gasteiger partial charge in [0.2, 0.25) is 9.84 Å². The number of hydrogen-bond donors (Lipinski definition) is 1. The fraction of sp³-hybridized carbons (Fsp3) is 0.333. The molecular weight excluding hydrogens is 616 g/mol. The van der Waals surface area contributed by atoms with Crippen LogP contribution in [-0.2, 0) is 21.2 Å². The Morgan fingerprint density at radius 2 is 1.49 bits per heavy atom. The number of piperidine rings is 1. The summed E-state index contributed by atoms with van der Waals surface area (Å²) in [4.78, 5) is 22.4. The minimum Gasteiger partial charge on any atom is -0.485 e. The Morgan fingerprint density at radius 1 is 0.851 bits per heavy atom. The van der Waals surface area contributed by atoms with E-state index in [-0.39, 0.29) is 34.9 Å². The van der Waals surface area contributed by atoms with Gasteiger partial charge in [0.25, 0.3) is 5.91 Å². The summed E-state index contributed by atoms with van der Waals surface area (Å²) >= 11 is 0. The maximum absolute atomic E-state index is 13.2. The number of hydrogen-bond acceptors (Lipinski definition) is 9. The monoisotopic (exact) mass is 656 g/mol. The van der Waals surface area contributed by atoms with E-state index in [9.17, 15) is 13.2 Å². The average Bonchev–Trinajstić information content (AvgIpc) is 3.66. The van der Waals surface area contributed by atoms with Crippen LogP contribution < -0.4 is 15.2 Å². The number of aromatic nitrogens is 1. The molecule has 0 radical (unpaired) electrons. The number of sulfone groups is 1. The van der Waals surface area contributed by atoms with Gasteiger partial charge in [-0.05, 0) is 104 Å². The molecule has 1 aromatic heterocycles. The number of benzene rings is 3. The average molecular weight is 657 g/mol. The van der Waals surface area contributed by atoms with Crippen LogP contribution in [-0.4, -0.2) is 75.2 Å². The molecule has 2 aliphatic heterocycles. The highest BCUT2D eigenvalue weighted by molar-refractivity contribution is 7.91. The Labute approximate surface area is 276 Å². The standard InChI is InChI=1S/C36H40N4O6S/c1-44-25-46-31-10-14-33(15-11-31)47(42,43)32-12-4-26(5-13-32)24-45-34-22-29(23-38-35(34)37)27-6-8-28(9-7-27)36(41)40-20-16-30(17-21-40)39-18-2-3-19-39/h4-15,22-23,30H,2-3,16-21,24-25H2,1H3,(H2,37,38). The molecule has 0 atom stereocenters. The maximum atomic E-state index is 13.2. The van der Waals surface area contributed by atoms with Crippen molar-refractivity contribution >= 4 is 21.6 Å². The third kappa shape index (κ3) is 7.59. The van der Waals surface area contributed by atoms with E-state index in [0.29, 0.717) is 23.1 Å². The molecule has 0 bridgehead atoms. The van der Waals surface area contributed by atoms with Crippen molar-refractivity contribution in [2.75, 3.05) is 45.8 Å². The minimum absolute atomic E-state index is 0.0696. The topological polar surface area (TPSA) is 124 Å². The summed E-state index contributed by atoms with van der Waals surface area (Å²) in [6, 6.07) is 22.7. The first-order valence-corrected chi connectivity index (χ1v) is 17.4. The lowest BCUT2D eigenvalue weighted by Crippen LogP contribution is -2.45. The lowest BCUT2D eigenvalue weighted by atomic mass is 10.0. The summed E-state index contributed by atoms with van der Waals surface area (Å²) in [6.45, 7) is 4.22. The van der Waals surface area contributed by atoms with Crippen LogP contribution in [0.2, 0.25) is 0 Å². The van der Waals surface area contributed by atoms with Crippen LogP contribution in [0.4, 0.5) is 5.82 Å². The number of anilines is 1. The van der Waals surface area contributed by atoms with Crippen molar-refractivity contribution in [2.24, 2.45) is 0 Å². The fourth-order valence-electron chi connectivity index (χ4n) is 6.16. The summed E-state index contributed by atoms with van der Waals surface area (Å²) in [5, 5.41) is 0. The lowest BCUT2D eigenvalue weighted by Gasteiger charge is -2.36. The Balaban J connectivity index is 1.06. The first-order chi connectivity index (χ1) is 22.8. The van der Waals surface area contributed by atoms with Crippen molar-refractivity contribution in [3.8, 4) is 22.6 Å². The van der Waals surface area contributed by atoms with Gasteiger partial charge in [0.1, 0.15) is 12.4 Å². The summed E-state index contributed by atoms with van der Waals surface area (Å²) in [7, 11) is -2.19. The second-order valence-electron chi connectivity index (χ2n) is 11.9. The number of nitrogen functional groups attached to an aromatic ring is 1. The van der Waals surface area contributed by atoms with E-state index in [4.69, 9.17) is 19.9 Å². The van der Waals surface area contributed by atoms with Crippen LogP contribution >= 0.6 is 0 Å². The summed E-state index contributed by atoms with van der Waals surface area (Å²) < 4.78 is 42.4. The molecule has 0 aliphatic carbocycles. The Bertz CT molecular complexity index is 1770. The summed E-state index contributed by atoms with van der Waals surface area (Å²) in [5.41, 5.74) is 9.26. The first-order valence-electron chi connectivity index (χ1n) is 15.9. The van der Waals surface area contributed by atoms with Crippen LogP contribution in [0.3, 0.4) is 0 Å². The van der Waals surface area contributed by atoms with Crippen molar-refractivity contribution in [3.05, 3.63) is 96.2 Å². The fourth-order valence-corrected chi connectivity index (χ4v) is 7.42. The van der Waals surface area contributed by atoms with Gasteiger partial charge in [-0.15, -0.1) is 0 Å². The Morgan fingerprint density at radius 3 is 2.13 bits per heavy atom. The van der Waals surface area contributed by atoms with E-state index < -0.39 is 9.84 Å². The molecule has 2 fully saturated rings. The zero-order valence-corrected chi connectivity index (χ0v) is 27.3. The van der Waals surface area contributed by atoms with Crippen molar-refractivity contribution in [3.63, 3.8) is 0 Å². The number of carbonyl (C=O) groups is 1. The van der Waals surface area contributed by atoms with Gasteiger partial charge in [-0.3, -0.25) is 4.79 Å². The van der Waals surface area contributed by atoms with Gasteiger partial charge >= 0.3 is 0 Å². The number of amides is 1. The Kier molecular flexibility index (Phi) is 10.1. The molecule has 2 N–H and O–H groups in total. The van der Waals surface area contributed by atoms with Crippen molar-refractivity contribution in [2.45, 2.75) is 48.1 Å². The first kappa shape index (κ1) is 32.5. The number of ether oxygens (including phenoxy) is 3. The van der Waals surface area contributed by atoms with Crippen molar-refractivity contribution in [1.29, 1.82) is 0 Å². The maximum Gasteiger partial charge on any atom is 0.253 e. The van der Waals surface area contributed by atoms with Gasteiger partial charge in [0.15, 0.2) is 18.4 Å². The second-order valence-corrected chi connectivity index (χ2v) is 13.9. The molecule has 1 amide bonds. The quantitative estimate of drug-likeness (QED) is 0.211. The van der Waals surface area contributed by atoms with Gasteiger partial charge in [-0.2, -0.15) is 0 Å². The van der Waals surface area contributed by atoms with Crippen molar-refractivity contribution < 1.29 is 27.4 Å². The van der Waals surface area contributed by atoms with Gasteiger partial charge in [-0.25, -0.2) is 13.4 Å². The van der Waals surface area contributed by atoms with E-state index in [2.05, 4.69) is 9.88 Å². The summed E-state index contributed by atoms with van der Waals surface area (Å²) in [5.74, 6) is 1.24. The minimum atomic E-state index is -3.71. The molecule has 2 saturated heterocycles. The molecule has 47 heavy (non-hydrogen) atoms. The highest BCUT2D eigenvalue weighted by Gasteiger charge is 2.28. The third-order valence-electron chi connectivity index (χ3n) is 8.86. The van der Waals surface area contributed by atoms with Crippen LogP contribution in [0.1, 0.15) is 41.6 Å². The van der Waals surface area contributed by atoms with E-state index in [1.807, 2.05) is 35.2 Å². The third-order valence-corrected chi connectivity index (χ3v) is 10.6. The van der Waals surface area contributed by atoms with E-state index in [1.54, 1.807) is 42.6 Å². The molecule has 3 aromatic carbocycles. The molecular formula is C36H40N4O6S. The molecule has 11 heteroatoms. The van der Waals surface area contributed by atoms with Gasteiger partial charge in [0.05, 0.1) is 9.79 Å². The van der Waals surface area contributed by atoms with Crippen LogP contribution in [0.15, 0.2) is 94.9 Å². The summed E-state index contributed by atoms with van der Waals surface area (Å²) in [6.07, 6.45) is 6.32. The largest absolute Gasteiger partial charge is 0.485 e. The lowest BCUT2D eigenvalue weighted by molar-refractivity contribution is 0.0511. The number of rotatable bonds is 11. The van der Waals surface area contributed by atoms with Crippen LogP contribution in [0, 0.1) is 0 Å². The number of nitrogens with zero attached hydrogens (tertiary/aromatic N) is 3. The number of methoxy groups -OCH3 is 1. The molecule has 0 unspecified atom stereocenters. The van der Waals surface area contributed by atoms with E-state index >= 15 is 0 Å². The molecule has 0 spiro atoms. The normalized spacial score (nSPS) is 15.9. The predicted octanol–water partition coefficient (Wildman–Crippen LogP) is 5.43. The Hall–Kier alpha value is -4.45. The molecule has 0 saturated carbocycles. The predicted molar refractivity (Wildman–Crippen MR) is 179 cm³/mol.